The quantitative estimate of drug-likeness (QED) is 0.841. The van der Waals surface area contributed by atoms with Gasteiger partial charge in [-0.2, -0.15) is 5.10 Å². The van der Waals surface area contributed by atoms with Crippen LogP contribution < -0.4 is 14.8 Å². The van der Waals surface area contributed by atoms with E-state index in [1.54, 1.807) is 7.11 Å². The van der Waals surface area contributed by atoms with E-state index in [1.165, 1.54) is 0 Å². The highest BCUT2D eigenvalue weighted by atomic mass is 16.5. The Balaban J connectivity index is 2.08. The van der Waals surface area contributed by atoms with Crippen molar-refractivity contribution in [1.29, 1.82) is 0 Å². The number of methoxy groups -OCH3 is 1. The average molecular weight is 275 g/mol. The SMILES string of the molecule is CCn1cc(COc2cc(CNC)ccc2OC)cn1. The number of aryl methyl sites for hydroxylation is 1. The van der Waals surface area contributed by atoms with Crippen molar-refractivity contribution in [3.05, 3.63) is 41.7 Å². The van der Waals surface area contributed by atoms with Crippen LogP contribution >= 0.6 is 0 Å². The molecule has 5 heteroatoms. The maximum absolute atomic E-state index is 5.85. The Morgan fingerprint density at radius 1 is 1.25 bits per heavy atom. The summed E-state index contributed by atoms with van der Waals surface area (Å²) in [5.74, 6) is 1.50. The van der Waals surface area contributed by atoms with Gasteiger partial charge in [0.15, 0.2) is 11.5 Å². The van der Waals surface area contributed by atoms with Crippen LogP contribution in [0.3, 0.4) is 0 Å². The molecule has 2 rings (SSSR count). The first kappa shape index (κ1) is 14.4. The van der Waals surface area contributed by atoms with Crippen molar-refractivity contribution in [3.63, 3.8) is 0 Å². The summed E-state index contributed by atoms with van der Waals surface area (Å²) in [6.45, 7) is 4.20. The maximum Gasteiger partial charge on any atom is 0.161 e. The highest BCUT2D eigenvalue weighted by molar-refractivity contribution is 5.43. The Morgan fingerprint density at radius 2 is 2.10 bits per heavy atom. The van der Waals surface area contributed by atoms with Crippen molar-refractivity contribution < 1.29 is 9.47 Å². The summed E-state index contributed by atoms with van der Waals surface area (Å²) in [6, 6.07) is 5.95. The first-order valence-electron chi connectivity index (χ1n) is 6.72. The zero-order valence-corrected chi connectivity index (χ0v) is 12.2. The molecule has 0 aliphatic carbocycles. The molecule has 1 heterocycles. The molecule has 0 bridgehead atoms. The minimum absolute atomic E-state index is 0.485. The van der Waals surface area contributed by atoms with Crippen LogP contribution in [-0.4, -0.2) is 23.9 Å². The van der Waals surface area contributed by atoms with Gasteiger partial charge >= 0.3 is 0 Å². The Hall–Kier alpha value is -2.01. The van der Waals surface area contributed by atoms with Gasteiger partial charge < -0.3 is 14.8 Å². The lowest BCUT2D eigenvalue weighted by atomic mass is 10.2. The molecule has 0 radical (unpaired) electrons. The van der Waals surface area contributed by atoms with E-state index in [1.807, 2.05) is 42.3 Å². The number of rotatable bonds is 7. The summed E-state index contributed by atoms with van der Waals surface area (Å²) in [5.41, 5.74) is 2.21. The van der Waals surface area contributed by atoms with Gasteiger partial charge in [0.2, 0.25) is 0 Å². The summed E-state index contributed by atoms with van der Waals surface area (Å²) in [6.07, 6.45) is 3.82. The van der Waals surface area contributed by atoms with Gasteiger partial charge in [0, 0.05) is 24.8 Å². The van der Waals surface area contributed by atoms with Crippen molar-refractivity contribution in [2.45, 2.75) is 26.6 Å². The molecule has 0 atom stereocenters. The van der Waals surface area contributed by atoms with E-state index in [0.717, 1.165) is 35.7 Å². The van der Waals surface area contributed by atoms with Gasteiger partial charge in [-0.15, -0.1) is 0 Å². The van der Waals surface area contributed by atoms with Gasteiger partial charge in [0.25, 0.3) is 0 Å². The predicted octanol–water partition coefficient (Wildman–Crippen LogP) is 2.21. The van der Waals surface area contributed by atoms with Crippen LogP contribution in [0.15, 0.2) is 30.6 Å². The predicted molar refractivity (Wildman–Crippen MR) is 78.0 cm³/mol. The van der Waals surface area contributed by atoms with Crippen LogP contribution in [0.2, 0.25) is 0 Å². The third-order valence-electron chi connectivity index (χ3n) is 3.01. The van der Waals surface area contributed by atoms with Gasteiger partial charge in [-0.25, -0.2) is 0 Å². The van der Waals surface area contributed by atoms with E-state index in [-0.39, 0.29) is 0 Å². The lowest BCUT2D eigenvalue weighted by molar-refractivity contribution is 0.284. The Bertz CT molecular complexity index is 552. The normalized spacial score (nSPS) is 10.6. The molecule has 1 aromatic carbocycles. The Labute approximate surface area is 119 Å². The number of aromatic nitrogens is 2. The van der Waals surface area contributed by atoms with Crippen molar-refractivity contribution in [3.8, 4) is 11.5 Å². The molecule has 1 aromatic heterocycles. The molecule has 0 saturated carbocycles. The first-order chi connectivity index (χ1) is 9.76. The van der Waals surface area contributed by atoms with Crippen LogP contribution in [0.4, 0.5) is 0 Å². The molecule has 0 unspecified atom stereocenters. The third-order valence-corrected chi connectivity index (χ3v) is 3.01. The second-order valence-corrected chi connectivity index (χ2v) is 4.51. The fraction of sp³-hybridized carbons (Fsp3) is 0.400. The molecular weight excluding hydrogens is 254 g/mol. The Morgan fingerprint density at radius 3 is 2.75 bits per heavy atom. The van der Waals surface area contributed by atoms with E-state index in [0.29, 0.717) is 6.61 Å². The number of nitrogens with zero attached hydrogens (tertiary/aromatic N) is 2. The molecule has 1 N–H and O–H groups in total. The molecule has 0 aliphatic rings. The number of hydrogen-bond acceptors (Lipinski definition) is 4. The van der Waals surface area contributed by atoms with Crippen molar-refractivity contribution in [1.82, 2.24) is 15.1 Å². The molecule has 0 spiro atoms. The highest BCUT2D eigenvalue weighted by Gasteiger charge is 2.07. The monoisotopic (exact) mass is 275 g/mol. The minimum Gasteiger partial charge on any atom is -0.493 e. The van der Waals surface area contributed by atoms with Crippen LogP contribution in [0, 0.1) is 0 Å². The second-order valence-electron chi connectivity index (χ2n) is 4.51. The van der Waals surface area contributed by atoms with E-state index < -0.39 is 0 Å². The average Bonchev–Trinajstić information content (AvgIpc) is 2.93. The number of nitrogens with one attached hydrogen (secondary N) is 1. The summed E-state index contributed by atoms with van der Waals surface area (Å²) >= 11 is 0. The third kappa shape index (κ3) is 3.51. The molecule has 108 valence electrons. The number of ether oxygens (including phenoxy) is 2. The van der Waals surface area contributed by atoms with Gasteiger partial charge in [-0.05, 0) is 31.7 Å². The van der Waals surface area contributed by atoms with Crippen molar-refractivity contribution >= 4 is 0 Å². The zero-order chi connectivity index (χ0) is 14.4. The molecule has 0 amide bonds. The standard InChI is InChI=1S/C15H21N3O2/c1-4-18-10-13(9-17-18)11-20-15-7-12(8-16-2)5-6-14(15)19-3/h5-7,9-10,16H,4,8,11H2,1-3H3. The highest BCUT2D eigenvalue weighted by Crippen LogP contribution is 2.28. The molecule has 0 fully saturated rings. The van der Waals surface area contributed by atoms with Crippen molar-refractivity contribution in [2.24, 2.45) is 0 Å². The number of benzene rings is 1. The Kier molecular flexibility index (Phi) is 5.01. The molecule has 0 saturated heterocycles. The summed E-state index contributed by atoms with van der Waals surface area (Å²) in [5, 5.41) is 7.36. The smallest absolute Gasteiger partial charge is 0.161 e. The lowest BCUT2D eigenvalue weighted by Gasteiger charge is -2.11. The summed E-state index contributed by atoms with van der Waals surface area (Å²) in [4.78, 5) is 0. The molecule has 2 aromatic rings. The topological polar surface area (TPSA) is 48.3 Å². The van der Waals surface area contributed by atoms with E-state index in [9.17, 15) is 0 Å². The fourth-order valence-electron chi connectivity index (χ4n) is 1.96. The van der Waals surface area contributed by atoms with Gasteiger partial charge in [0.1, 0.15) is 6.61 Å². The minimum atomic E-state index is 0.485. The van der Waals surface area contributed by atoms with Crippen LogP contribution in [-0.2, 0) is 19.7 Å². The molecule has 20 heavy (non-hydrogen) atoms. The molecular formula is C15H21N3O2. The van der Waals surface area contributed by atoms with Crippen LogP contribution in [0.5, 0.6) is 11.5 Å². The van der Waals surface area contributed by atoms with Crippen LogP contribution in [0.25, 0.3) is 0 Å². The van der Waals surface area contributed by atoms with Crippen LogP contribution in [0.1, 0.15) is 18.1 Å². The van der Waals surface area contributed by atoms with E-state index >= 15 is 0 Å². The zero-order valence-electron chi connectivity index (χ0n) is 12.2. The van der Waals surface area contributed by atoms with Crippen molar-refractivity contribution in [2.75, 3.05) is 14.2 Å². The first-order valence-corrected chi connectivity index (χ1v) is 6.72. The largest absolute Gasteiger partial charge is 0.493 e. The van der Waals surface area contributed by atoms with E-state index in [2.05, 4.69) is 17.3 Å². The van der Waals surface area contributed by atoms with Gasteiger partial charge in [-0.1, -0.05) is 6.07 Å². The van der Waals surface area contributed by atoms with E-state index in [4.69, 9.17) is 9.47 Å². The summed E-state index contributed by atoms with van der Waals surface area (Å²) in [7, 11) is 3.57. The van der Waals surface area contributed by atoms with Gasteiger partial charge in [0.05, 0.1) is 13.3 Å². The fourth-order valence-corrected chi connectivity index (χ4v) is 1.96. The maximum atomic E-state index is 5.85. The van der Waals surface area contributed by atoms with Gasteiger partial charge in [-0.3, -0.25) is 4.68 Å². The lowest BCUT2D eigenvalue weighted by Crippen LogP contribution is -2.05. The molecule has 5 nitrogen and oxygen atoms in total. The molecule has 0 aliphatic heterocycles. The summed E-state index contributed by atoms with van der Waals surface area (Å²) < 4.78 is 13.1. The number of hydrogen-bond donors (Lipinski definition) is 1. The second kappa shape index (κ2) is 6.96.